The summed E-state index contributed by atoms with van der Waals surface area (Å²) in [5.41, 5.74) is 1.18. The lowest BCUT2D eigenvalue weighted by Gasteiger charge is -2.30. The van der Waals surface area contributed by atoms with Crippen LogP contribution in [0, 0.1) is 0 Å². The fourth-order valence-electron chi connectivity index (χ4n) is 2.72. The molecule has 1 aliphatic rings. The molecule has 0 saturated carbocycles. The lowest BCUT2D eigenvalue weighted by molar-refractivity contribution is 0.217. The van der Waals surface area contributed by atoms with E-state index >= 15 is 0 Å². The van der Waals surface area contributed by atoms with Gasteiger partial charge in [-0.25, -0.2) is 0 Å². The molecule has 3 nitrogen and oxygen atoms in total. The normalized spacial score (nSPS) is 19.8. The van der Waals surface area contributed by atoms with Crippen LogP contribution in [0.4, 0.5) is 0 Å². The van der Waals surface area contributed by atoms with Crippen LogP contribution in [0.1, 0.15) is 38.2 Å². The molecule has 0 aromatic carbocycles. The average molecular weight is 282 g/mol. The van der Waals surface area contributed by atoms with E-state index in [0.717, 1.165) is 24.7 Å². The van der Waals surface area contributed by atoms with Gasteiger partial charge in [-0.2, -0.15) is 0 Å². The molecule has 1 fully saturated rings. The summed E-state index contributed by atoms with van der Waals surface area (Å²) in [5.74, 6) is 0. The Hall–Kier alpha value is -0.640. The predicted octanol–water partition coefficient (Wildman–Crippen LogP) is 3.09. The van der Waals surface area contributed by atoms with Gasteiger partial charge in [-0.3, -0.25) is 9.88 Å². The van der Waals surface area contributed by atoms with Crippen LogP contribution in [0.5, 0.6) is 0 Å². The highest BCUT2D eigenvalue weighted by molar-refractivity contribution is 6.31. The minimum Gasteiger partial charge on any atom is -0.313 e. The molecule has 1 unspecified atom stereocenters. The van der Waals surface area contributed by atoms with E-state index in [1.54, 1.807) is 6.20 Å². The molecule has 4 heteroatoms. The molecule has 1 N–H and O–H groups in total. The van der Waals surface area contributed by atoms with Gasteiger partial charge in [0.2, 0.25) is 0 Å². The first-order valence-corrected chi connectivity index (χ1v) is 7.71. The van der Waals surface area contributed by atoms with Crippen LogP contribution in [0.15, 0.2) is 18.5 Å². The fourth-order valence-corrected chi connectivity index (χ4v) is 2.89. The second-order valence-corrected chi connectivity index (χ2v) is 5.76. The second kappa shape index (κ2) is 7.83. The molecule has 1 aliphatic heterocycles. The van der Waals surface area contributed by atoms with Crippen molar-refractivity contribution >= 4 is 11.6 Å². The summed E-state index contributed by atoms with van der Waals surface area (Å²) in [6.07, 6.45) is 8.71. The zero-order valence-corrected chi connectivity index (χ0v) is 12.5. The number of hydrogen-bond acceptors (Lipinski definition) is 3. The van der Waals surface area contributed by atoms with Gasteiger partial charge in [-0.1, -0.05) is 24.9 Å². The third-order valence-corrected chi connectivity index (χ3v) is 4.02. The van der Waals surface area contributed by atoms with Crippen LogP contribution in [0.2, 0.25) is 5.02 Å². The molecular formula is C15H24ClN3. The third-order valence-electron chi connectivity index (χ3n) is 3.68. The number of pyridine rings is 1. The monoisotopic (exact) mass is 281 g/mol. The van der Waals surface area contributed by atoms with Gasteiger partial charge in [-0.15, -0.1) is 0 Å². The van der Waals surface area contributed by atoms with Gasteiger partial charge in [0.25, 0.3) is 0 Å². The maximum Gasteiger partial charge on any atom is 0.0634 e. The Kier molecular flexibility index (Phi) is 6.08. The second-order valence-electron chi connectivity index (χ2n) is 5.35. The zero-order valence-electron chi connectivity index (χ0n) is 11.7. The lowest BCUT2D eigenvalue weighted by atomic mass is 10.0. The quantitative estimate of drug-likeness (QED) is 0.868. The molecule has 0 aliphatic carbocycles. The predicted molar refractivity (Wildman–Crippen MR) is 80.5 cm³/mol. The summed E-state index contributed by atoms with van der Waals surface area (Å²) in [4.78, 5) is 6.56. The van der Waals surface area contributed by atoms with Crippen molar-refractivity contribution in [2.75, 3.05) is 19.6 Å². The highest BCUT2D eigenvalue weighted by Crippen LogP contribution is 2.17. The molecule has 1 atom stereocenters. The molecule has 0 radical (unpaired) electrons. The molecule has 0 spiro atoms. The van der Waals surface area contributed by atoms with E-state index in [9.17, 15) is 0 Å². The molecule has 2 heterocycles. The van der Waals surface area contributed by atoms with Crippen molar-refractivity contribution in [3.63, 3.8) is 0 Å². The van der Waals surface area contributed by atoms with Crippen molar-refractivity contribution in [3.05, 3.63) is 29.0 Å². The number of rotatable bonds is 6. The first kappa shape index (κ1) is 14.8. The number of nitrogens with one attached hydrogen (secondary N) is 1. The van der Waals surface area contributed by atoms with E-state index < -0.39 is 0 Å². The van der Waals surface area contributed by atoms with Crippen LogP contribution in [-0.4, -0.2) is 35.6 Å². The van der Waals surface area contributed by atoms with E-state index in [1.807, 2.05) is 12.3 Å². The van der Waals surface area contributed by atoms with E-state index in [0.29, 0.717) is 6.04 Å². The molecule has 1 aromatic heterocycles. The van der Waals surface area contributed by atoms with Crippen LogP contribution in [0.25, 0.3) is 0 Å². The molecule has 106 valence electrons. The molecular weight excluding hydrogens is 258 g/mol. The van der Waals surface area contributed by atoms with Gasteiger partial charge in [0.1, 0.15) is 0 Å². The van der Waals surface area contributed by atoms with Crippen molar-refractivity contribution in [3.8, 4) is 0 Å². The van der Waals surface area contributed by atoms with E-state index in [4.69, 9.17) is 11.6 Å². The Morgan fingerprint density at radius 1 is 1.47 bits per heavy atom. The zero-order chi connectivity index (χ0) is 13.5. The minimum absolute atomic E-state index is 0.640. The summed E-state index contributed by atoms with van der Waals surface area (Å²) in [7, 11) is 0. The van der Waals surface area contributed by atoms with Crippen molar-refractivity contribution in [2.45, 2.75) is 45.2 Å². The first-order chi connectivity index (χ1) is 9.29. The molecule has 1 aromatic rings. The standard InChI is InChI=1S/C15H24ClN3/c1-2-9-19(12-14-5-3-4-7-18-14)11-13-6-8-17-10-15(13)16/h6,8,10,14,18H,2-5,7,9,11-12H2,1H3. The highest BCUT2D eigenvalue weighted by atomic mass is 35.5. The molecule has 0 bridgehead atoms. The van der Waals surface area contributed by atoms with E-state index in [1.165, 1.54) is 37.8 Å². The summed E-state index contributed by atoms with van der Waals surface area (Å²) >= 11 is 6.21. The van der Waals surface area contributed by atoms with E-state index in [2.05, 4.69) is 22.1 Å². The number of piperidine rings is 1. The summed E-state index contributed by atoms with van der Waals surface area (Å²) in [5, 5.41) is 4.40. The third kappa shape index (κ3) is 4.75. The molecule has 1 saturated heterocycles. The Morgan fingerprint density at radius 2 is 2.37 bits per heavy atom. The Morgan fingerprint density at radius 3 is 3.05 bits per heavy atom. The van der Waals surface area contributed by atoms with Crippen LogP contribution >= 0.6 is 11.6 Å². The summed E-state index contributed by atoms with van der Waals surface area (Å²) < 4.78 is 0. The molecule has 19 heavy (non-hydrogen) atoms. The Labute approximate surface area is 121 Å². The first-order valence-electron chi connectivity index (χ1n) is 7.33. The number of hydrogen-bond donors (Lipinski definition) is 1. The maximum absolute atomic E-state index is 6.21. The Balaban J connectivity index is 1.93. The van der Waals surface area contributed by atoms with Gasteiger partial charge in [0, 0.05) is 31.5 Å². The fraction of sp³-hybridized carbons (Fsp3) is 0.667. The molecule has 2 rings (SSSR count). The lowest BCUT2D eigenvalue weighted by Crippen LogP contribution is -2.43. The highest BCUT2D eigenvalue weighted by Gasteiger charge is 2.17. The van der Waals surface area contributed by atoms with Crippen LogP contribution in [-0.2, 0) is 6.54 Å². The largest absolute Gasteiger partial charge is 0.313 e. The van der Waals surface area contributed by atoms with Crippen LogP contribution in [0.3, 0.4) is 0 Å². The van der Waals surface area contributed by atoms with Gasteiger partial charge in [0.05, 0.1) is 5.02 Å². The summed E-state index contributed by atoms with van der Waals surface area (Å²) in [6, 6.07) is 2.67. The topological polar surface area (TPSA) is 28.2 Å². The van der Waals surface area contributed by atoms with Crippen molar-refractivity contribution in [1.29, 1.82) is 0 Å². The van der Waals surface area contributed by atoms with Gasteiger partial charge < -0.3 is 5.32 Å². The van der Waals surface area contributed by atoms with Gasteiger partial charge in [-0.05, 0) is 44.0 Å². The number of halogens is 1. The van der Waals surface area contributed by atoms with Crippen molar-refractivity contribution in [2.24, 2.45) is 0 Å². The maximum atomic E-state index is 6.21. The van der Waals surface area contributed by atoms with Gasteiger partial charge in [0.15, 0.2) is 0 Å². The minimum atomic E-state index is 0.640. The average Bonchev–Trinajstić information content (AvgIpc) is 2.43. The number of nitrogens with zero attached hydrogens (tertiary/aromatic N) is 2. The number of aromatic nitrogens is 1. The van der Waals surface area contributed by atoms with Crippen LogP contribution < -0.4 is 5.32 Å². The summed E-state index contributed by atoms with van der Waals surface area (Å²) in [6.45, 7) is 6.56. The van der Waals surface area contributed by atoms with E-state index in [-0.39, 0.29) is 0 Å². The Bertz CT molecular complexity index is 377. The smallest absolute Gasteiger partial charge is 0.0634 e. The molecule has 0 amide bonds. The SMILES string of the molecule is CCCN(Cc1ccncc1Cl)CC1CCCCN1. The van der Waals surface area contributed by atoms with Crippen molar-refractivity contribution in [1.82, 2.24) is 15.2 Å². The van der Waals surface area contributed by atoms with Crippen molar-refractivity contribution < 1.29 is 0 Å². The van der Waals surface area contributed by atoms with Gasteiger partial charge >= 0.3 is 0 Å².